The molecule has 0 amide bonds. The number of ketones is 1. The van der Waals surface area contributed by atoms with Gasteiger partial charge in [-0.25, -0.2) is 9.97 Å². The van der Waals surface area contributed by atoms with Crippen LogP contribution in [-0.2, 0) is 6.42 Å². The summed E-state index contributed by atoms with van der Waals surface area (Å²) in [6, 6.07) is 5.77. The summed E-state index contributed by atoms with van der Waals surface area (Å²) in [7, 11) is 1.57. The first-order valence-corrected chi connectivity index (χ1v) is 5.81. The summed E-state index contributed by atoms with van der Waals surface area (Å²) in [5.41, 5.74) is 3.57. The van der Waals surface area contributed by atoms with Gasteiger partial charge in [0.15, 0.2) is 5.78 Å². The van der Waals surface area contributed by atoms with Crippen molar-refractivity contribution < 1.29 is 9.53 Å². The Morgan fingerprint density at radius 2 is 2.00 bits per heavy atom. The van der Waals surface area contributed by atoms with Crippen LogP contribution in [0.3, 0.4) is 0 Å². The number of carbonyl (C=O) groups excluding carboxylic acids is 1. The van der Waals surface area contributed by atoms with E-state index in [-0.39, 0.29) is 5.78 Å². The van der Waals surface area contributed by atoms with Crippen molar-refractivity contribution in [1.29, 1.82) is 0 Å². The van der Waals surface area contributed by atoms with Crippen molar-refractivity contribution in [3.05, 3.63) is 41.7 Å². The summed E-state index contributed by atoms with van der Waals surface area (Å²) in [4.78, 5) is 20.0. The fourth-order valence-corrected chi connectivity index (χ4v) is 2.28. The number of benzene rings is 1. The van der Waals surface area contributed by atoms with E-state index in [4.69, 9.17) is 4.74 Å². The predicted octanol–water partition coefficient (Wildman–Crippen LogP) is 2.28. The van der Waals surface area contributed by atoms with E-state index in [1.165, 1.54) is 0 Å². The van der Waals surface area contributed by atoms with Crippen LogP contribution in [0.4, 0.5) is 0 Å². The van der Waals surface area contributed by atoms with Gasteiger partial charge in [0.05, 0.1) is 7.11 Å². The molecule has 0 saturated heterocycles. The highest BCUT2D eigenvalue weighted by atomic mass is 16.5. The number of methoxy groups -OCH3 is 1. The Hall–Kier alpha value is -2.23. The van der Waals surface area contributed by atoms with Crippen LogP contribution in [0.15, 0.2) is 30.6 Å². The van der Waals surface area contributed by atoms with E-state index in [0.717, 1.165) is 23.1 Å². The molecule has 0 aliphatic heterocycles. The Kier molecular flexibility index (Phi) is 2.55. The number of aryl methyl sites for hydroxylation is 1. The number of rotatable bonds is 2. The van der Waals surface area contributed by atoms with Crippen LogP contribution in [-0.4, -0.2) is 22.9 Å². The maximum absolute atomic E-state index is 11.6. The molecular formula is C14H12N2O2. The molecule has 1 heterocycles. The number of fused-ring (bicyclic) bond motifs is 1. The van der Waals surface area contributed by atoms with Gasteiger partial charge in [0.25, 0.3) is 0 Å². The average molecular weight is 240 g/mol. The minimum Gasteiger partial charge on any atom is -0.479 e. The van der Waals surface area contributed by atoms with Crippen LogP contribution >= 0.6 is 0 Å². The lowest BCUT2D eigenvalue weighted by atomic mass is 10.0. The summed E-state index contributed by atoms with van der Waals surface area (Å²) in [5, 5.41) is 0. The molecule has 0 N–H and O–H groups in total. The Bertz CT molecular complexity index is 623. The largest absolute Gasteiger partial charge is 0.479 e. The Morgan fingerprint density at radius 3 is 2.83 bits per heavy atom. The lowest BCUT2D eigenvalue weighted by Crippen LogP contribution is -1.95. The molecule has 4 heteroatoms. The van der Waals surface area contributed by atoms with Gasteiger partial charge in [-0.2, -0.15) is 0 Å². The van der Waals surface area contributed by atoms with Crippen molar-refractivity contribution in [1.82, 2.24) is 9.97 Å². The molecular weight excluding hydrogens is 228 g/mol. The molecule has 0 atom stereocenters. The summed E-state index contributed by atoms with van der Waals surface area (Å²) in [6.45, 7) is 0. The second-order valence-electron chi connectivity index (χ2n) is 4.21. The van der Waals surface area contributed by atoms with Gasteiger partial charge in [-0.1, -0.05) is 12.1 Å². The zero-order valence-corrected chi connectivity index (χ0v) is 10.0. The first-order valence-electron chi connectivity index (χ1n) is 5.81. The van der Waals surface area contributed by atoms with Crippen LogP contribution in [0.2, 0.25) is 0 Å². The zero-order valence-electron chi connectivity index (χ0n) is 10.0. The molecule has 1 aromatic heterocycles. The number of Topliss-reactive ketones (excluding diaryl/α,β-unsaturated/α-hetero) is 1. The first-order chi connectivity index (χ1) is 8.79. The molecule has 1 aliphatic rings. The smallest absolute Gasteiger partial charge is 0.240 e. The Balaban J connectivity index is 2.11. The molecule has 0 unspecified atom stereocenters. The fourth-order valence-electron chi connectivity index (χ4n) is 2.28. The number of hydrogen-bond acceptors (Lipinski definition) is 4. The number of aromatic nitrogens is 2. The average Bonchev–Trinajstić information content (AvgIpc) is 2.80. The molecule has 1 aliphatic carbocycles. The van der Waals surface area contributed by atoms with Gasteiger partial charge in [-0.05, 0) is 18.1 Å². The molecule has 0 bridgehead atoms. The highest BCUT2D eigenvalue weighted by molar-refractivity contribution is 6.00. The maximum atomic E-state index is 11.6. The minimum absolute atomic E-state index is 0.225. The molecule has 4 nitrogen and oxygen atoms in total. The van der Waals surface area contributed by atoms with E-state index >= 15 is 0 Å². The second kappa shape index (κ2) is 4.22. The van der Waals surface area contributed by atoms with Gasteiger partial charge in [0, 0.05) is 29.9 Å². The van der Waals surface area contributed by atoms with Crippen LogP contribution in [0, 0.1) is 0 Å². The lowest BCUT2D eigenvalue weighted by molar-refractivity contribution is 0.0994. The van der Waals surface area contributed by atoms with E-state index in [0.29, 0.717) is 18.0 Å². The maximum Gasteiger partial charge on any atom is 0.240 e. The minimum atomic E-state index is 0.225. The number of carbonyl (C=O) groups is 1. The van der Waals surface area contributed by atoms with Gasteiger partial charge in [0.1, 0.15) is 5.69 Å². The van der Waals surface area contributed by atoms with Crippen molar-refractivity contribution in [2.24, 2.45) is 0 Å². The molecule has 0 fully saturated rings. The van der Waals surface area contributed by atoms with Gasteiger partial charge in [-0.3, -0.25) is 4.79 Å². The Morgan fingerprint density at radius 1 is 1.17 bits per heavy atom. The van der Waals surface area contributed by atoms with E-state index in [1.807, 2.05) is 18.2 Å². The third-order valence-electron chi connectivity index (χ3n) is 3.16. The molecule has 0 spiro atoms. The highest BCUT2D eigenvalue weighted by Gasteiger charge is 2.20. The monoisotopic (exact) mass is 240 g/mol. The van der Waals surface area contributed by atoms with Crippen LogP contribution < -0.4 is 4.74 Å². The van der Waals surface area contributed by atoms with E-state index in [9.17, 15) is 4.79 Å². The topological polar surface area (TPSA) is 52.1 Å². The first kappa shape index (κ1) is 10.9. The Labute approximate surface area is 105 Å². The third kappa shape index (κ3) is 1.66. The molecule has 2 aromatic rings. The van der Waals surface area contributed by atoms with Crippen LogP contribution in [0.1, 0.15) is 22.3 Å². The quantitative estimate of drug-likeness (QED) is 0.808. The molecule has 18 heavy (non-hydrogen) atoms. The normalized spacial score (nSPS) is 13.5. The molecule has 0 radical (unpaired) electrons. The highest BCUT2D eigenvalue weighted by Crippen LogP contribution is 2.30. The number of ether oxygens (including phenoxy) is 1. The lowest BCUT2D eigenvalue weighted by Gasteiger charge is -2.07. The van der Waals surface area contributed by atoms with E-state index in [2.05, 4.69) is 9.97 Å². The molecule has 0 saturated carbocycles. The molecule has 90 valence electrons. The summed E-state index contributed by atoms with van der Waals surface area (Å²) >= 11 is 0. The van der Waals surface area contributed by atoms with Crippen molar-refractivity contribution in [2.75, 3.05) is 7.11 Å². The van der Waals surface area contributed by atoms with Gasteiger partial charge in [0.2, 0.25) is 5.88 Å². The van der Waals surface area contributed by atoms with E-state index < -0.39 is 0 Å². The second-order valence-corrected chi connectivity index (χ2v) is 4.21. The summed E-state index contributed by atoms with van der Waals surface area (Å²) < 4.78 is 5.20. The van der Waals surface area contributed by atoms with Gasteiger partial charge < -0.3 is 4.74 Å². The van der Waals surface area contributed by atoms with Crippen molar-refractivity contribution in [2.45, 2.75) is 12.8 Å². The standard InChI is InChI=1S/C14H12N2O2/c1-18-14-13(15-6-7-16-14)10-2-4-11-9(8-10)3-5-12(11)17/h2,4,6-8H,3,5H2,1H3. The summed E-state index contributed by atoms with van der Waals surface area (Å²) in [6.07, 6.45) is 4.65. The summed E-state index contributed by atoms with van der Waals surface area (Å²) in [5.74, 6) is 0.726. The van der Waals surface area contributed by atoms with Gasteiger partial charge in [-0.15, -0.1) is 0 Å². The molecule has 1 aromatic carbocycles. The third-order valence-corrected chi connectivity index (χ3v) is 3.16. The molecule has 3 rings (SSSR count). The fraction of sp³-hybridized carbons (Fsp3) is 0.214. The zero-order chi connectivity index (χ0) is 12.5. The number of nitrogens with zero attached hydrogens (tertiary/aromatic N) is 2. The van der Waals surface area contributed by atoms with Crippen molar-refractivity contribution >= 4 is 5.78 Å². The predicted molar refractivity (Wildman–Crippen MR) is 66.7 cm³/mol. The SMILES string of the molecule is COc1nccnc1-c1ccc2c(c1)CCC2=O. The van der Waals surface area contributed by atoms with Crippen LogP contribution in [0.5, 0.6) is 5.88 Å². The van der Waals surface area contributed by atoms with Gasteiger partial charge >= 0.3 is 0 Å². The van der Waals surface area contributed by atoms with Crippen molar-refractivity contribution in [3.8, 4) is 17.1 Å². The van der Waals surface area contributed by atoms with Crippen LogP contribution in [0.25, 0.3) is 11.3 Å². The van der Waals surface area contributed by atoms with E-state index in [1.54, 1.807) is 19.5 Å². The van der Waals surface area contributed by atoms with Crippen molar-refractivity contribution in [3.63, 3.8) is 0 Å². The number of hydrogen-bond donors (Lipinski definition) is 0.